The largest absolute Gasteiger partial charge is 0.270 e. The smallest absolute Gasteiger partial charge is 0.264 e. The van der Waals surface area contributed by atoms with Crippen LogP contribution in [0.2, 0.25) is 10.0 Å². The molecule has 3 nitrogen and oxygen atoms in total. The van der Waals surface area contributed by atoms with E-state index in [1.807, 2.05) is 0 Å². The maximum atomic E-state index is 13.1. The van der Waals surface area contributed by atoms with Gasteiger partial charge in [0.1, 0.15) is 5.82 Å². The summed E-state index contributed by atoms with van der Waals surface area (Å²) < 4.78 is 39.0. The summed E-state index contributed by atoms with van der Waals surface area (Å²) in [4.78, 5) is 0. The maximum Gasteiger partial charge on any atom is 0.264 e. The average Bonchev–Trinajstić information content (AvgIpc) is 2.16. The summed E-state index contributed by atoms with van der Waals surface area (Å²) in [5.74, 6) is -0.597. The van der Waals surface area contributed by atoms with Crippen LogP contribution in [0.25, 0.3) is 0 Å². The topological polar surface area (TPSA) is 43.4 Å². The first-order valence-electron chi connectivity index (χ1n) is 4.28. The molecule has 1 aromatic carbocycles. The Morgan fingerprint density at radius 2 is 2.00 bits per heavy atom. The minimum atomic E-state index is -3.51. The number of halogens is 3. The Balaban J connectivity index is 2.78. The second kappa shape index (κ2) is 5.31. The molecular formula is C9H9Cl2FO3S. The quantitative estimate of drug-likeness (QED) is 0.631. The van der Waals surface area contributed by atoms with Crippen LogP contribution in [0.3, 0.4) is 0 Å². The van der Waals surface area contributed by atoms with Crippen molar-refractivity contribution in [3.8, 4) is 0 Å². The third kappa shape index (κ3) is 3.90. The van der Waals surface area contributed by atoms with Crippen molar-refractivity contribution >= 4 is 33.3 Å². The van der Waals surface area contributed by atoms with Gasteiger partial charge in [-0.2, -0.15) is 8.42 Å². The lowest BCUT2D eigenvalue weighted by molar-refractivity contribution is 0.326. The van der Waals surface area contributed by atoms with E-state index in [-0.39, 0.29) is 23.1 Å². The molecule has 0 spiro atoms. The van der Waals surface area contributed by atoms with Gasteiger partial charge in [-0.25, -0.2) is 4.39 Å². The first-order valence-corrected chi connectivity index (χ1v) is 6.85. The van der Waals surface area contributed by atoms with E-state index in [2.05, 4.69) is 4.18 Å². The van der Waals surface area contributed by atoms with Crippen molar-refractivity contribution in [3.05, 3.63) is 33.6 Å². The molecule has 0 aliphatic rings. The summed E-state index contributed by atoms with van der Waals surface area (Å²) in [5.41, 5.74) is 0.340. The minimum Gasteiger partial charge on any atom is -0.270 e. The molecule has 0 aliphatic heterocycles. The maximum absolute atomic E-state index is 13.1. The third-order valence-corrected chi connectivity index (χ3v) is 3.15. The fraction of sp³-hybridized carbons (Fsp3) is 0.333. The zero-order valence-corrected chi connectivity index (χ0v) is 10.7. The zero-order valence-electron chi connectivity index (χ0n) is 8.34. The van der Waals surface area contributed by atoms with Gasteiger partial charge in [0.05, 0.1) is 17.9 Å². The highest BCUT2D eigenvalue weighted by atomic mass is 35.5. The molecular weight excluding hydrogens is 278 g/mol. The highest BCUT2D eigenvalue weighted by Crippen LogP contribution is 2.27. The highest BCUT2D eigenvalue weighted by Gasteiger charge is 2.11. The Labute approximate surface area is 103 Å². The standard InChI is InChI=1S/C9H9Cl2FO3S/c1-16(13,14)15-5-4-6-7(10)2-3-8(12)9(6)11/h2-3H,4-5H2,1H3. The van der Waals surface area contributed by atoms with E-state index < -0.39 is 15.9 Å². The molecule has 0 unspecified atom stereocenters. The predicted molar refractivity (Wildman–Crippen MR) is 60.9 cm³/mol. The van der Waals surface area contributed by atoms with Crippen LogP contribution in [-0.2, 0) is 20.7 Å². The molecule has 0 aromatic heterocycles. The van der Waals surface area contributed by atoms with Crippen LogP contribution in [-0.4, -0.2) is 21.3 Å². The molecule has 0 bridgehead atoms. The van der Waals surface area contributed by atoms with Gasteiger partial charge in [0.2, 0.25) is 0 Å². The van der Waals surface area contributed by atoms with E-state index in [0.29, 0.717) is 5.56 Å². The van der Waals surface area contributed by atoms with Gasteiger partial charge in [-0.1, -0.05) is 23.2 Å². The Bertz CT molecular complexity index is 488. The molecule has 0 radical (unpaired) electrons. The Morgan fingerprint density at radius 3 is 2.56 bits per heavy atom. The normalized spacial score (nSPS) is 11.8. The van der Waals surface area contributed by atoms with Gasteiger partial charge in [0.25, 0.3) is 10.1 Å². The van der Waals surface area contributed by atoms with Crippen molar-refractivity contribution in [2.75, 3.05) is 12.9 Å². The molecule has 0 heterocycles. The number of benzene rings is 1. The summed E-state index contributed by atoms with van der Waals surface area (Å²) in [6.07, 6.45) is 1.06. The second-order valence-corrected chi connectivity index (χ2v) is 5.53. The summed E-state index contributed by atoms with van der Waals surface area (Å²) in [7, 11) is -3.51. The summed E-state index contributed by atoms with van der Waals surface area (Å²) >= 11 is 11.5. The minimum absolute atomic E-state index is 0.107. The van der Waals surface area contributed by atoms with Crippen LogP contribution < -0.4 is 0 Å². The van der Waals surface area contributed by atoms with Gasteiger partial charge in [-0.3, -0.25) is 4.18 Å². The molecule has 0 atom stereocenters. The Kier molecular flexibility index (Phi) is 4.55. The molecule has 90 valence electrons. The van der Waals surface area contributed by atoms with Crippen molar-refractivity contribution in [3.63, 3.8) is 0 Å². The van der Waals surface area contributed by atoms with Gasteiger partial charge < -0.3 is 0 Å². The highest BCUT2D eigenvalue weighted by molar-refractivity contribution is 7.85. The first-order chi connectivity index (χ1) is 7.31. The predicted octanol–water partition coefficient (Wildman–Crippen LogP) is 2.65. The van der Waals surface area contributed by atoms with Gasteiger partial charge in [-0.15, -0.1) is 0 Å². The van der Waals surface area contributed by atoms with Crippen molar-refractivity contribution in [1.82, 2.24) is 0 Å². The van der Waals surface area contributed by atoms with E-state index >= 15 is 0 Å². The zero-order chi connectivity index (χ0) is 12.3. The van der Waals surface area contributed by atoms with Crippen LogP contribution in [0.4, 0.5) is 4.39 Å². The van der Waals surface area contributed by atoms with E-state index in [0.717, 1.165) is 12.3 Å². The Hall–Kier alpha value is -0.360. The SMILES string of the molecule is CS(=O)(=O)OCCc1c(Cl)ccc(F)c1Cl. The van der Waals surface area contributed by atoms with Crippen LogP contribution in [0.5, 0.6) is 0 Å². The fourth-order valence-electron chi connectivity index (χ4n) is 1.09. The molecule has 0 fully saturated rings. The molecule has 0 N–H and O–H groups in total. The summed E-state index contributed by atoms with van der Waals surface area (Å²) in [5, 5.41) is 0.174. The third-order valence-electron chi connectivity index (χ3n) is 1.79. The number of rotatable bonds is 4. The molecule has 16 heavy (non-hydrogen) atoms. The summed E-state index contributed by atoms with van der Waals surface area (Å²) in [6, 6.07) is 2.50. The molecule has 1 aromatic rings. The second-order valence-electron chi connectivity index (χ2n) is 3.10. The van der Waals surface area contributed by atoms with Crippen molar-refractivity contribution in [2.45, 2.75) is 6.42 Å². The average molecular weight is 287 g/mol. The molecule has 7 heteroatoms. The van der Waals surface area contributed by atoms with E-state index in [1.165, 1.54) is 6.07 Å². The monoisotopic (exact) mass is 286 g/mol. The van der Waals surface area contributed by atoms with Crippen molar-refractivity contribution in [1.29, 1.82) is 0 Å². The van der Waals surface area contributed by atoms with Gasteiger partial charge >= 0.3 is 0 Å². The van der Waals surface area contributed by atoms with Crippen molar-refractivity contribution in [2.24, 2.45) is 0 Å². The van der Waals surface area contributed by atoms with E-state index in [9.17, 15) is 12.8 Å². The van der Waals surface area contributed by atoms with Crippen LogP contribution in [0.15, 0.2) is 12.1 Å². The lowest BCUT2D eigenvalue weighted by atomic mass is 10.1. The first kappa shape index (κ1) is 13.7. The van der Waals surface area contributed by atoms with Crippen LogP contribution in [0, 0.1) is 5.82 Å². The van der Waals surface area contributed by atoms with E-state index in [1.54, 1.807) is 0 Å². The molecule has 0 aliphatic carbocycles. The number of hydrogen-bond acceptors (Lipinski definition) is 3. The van der Waals surface area contributed by atoms with Crippen molar-refractivity contribution < 1.29 is 17.0 Å². The van der Waals surface area contributed by atoms with Gasteiger partial charge in [-0.05, 0) is 17.7 Å². The molecule has 0 amide bonds. The fourth-order valence-corrected chi connectivity index (χ4v) is 2.04. The lowest BCUT2D eigenvalue weighted by Crippen LogP contribution is -2.07. The lowest BCUT2D eigenvalue weighted by Gasteiger charge is -2.07. The van der Waals surface area contributed by atoms with Gasteiger partial charge in [0.15, 0.2) is 0 Å². The van der Waals surface area contributed by atoms with Gasteiger partial charge in [0, 0.05) is 11.4 Å². The van der Waals surface area contributed by atoms with Crippen LogP contribution >= 0.6 is 23.2 Å². The van der Waals surface area contributed by atoms with E-state index in [4.69, 9.17) is 23.2 Å². The summed E-state index contributed by atoms with van der Waals surface area (Å²) in [6.45, 7) is -0.123. The Morgan fingerprint density at radius 1 is 1.38 bits per heavy atom. The number of hydrogen-bond donors (Lipinski definition) is 0. The molecule has 0 saturated heterocycles. The molecule has 0 saturated carbocycles. The molecule has 1 rings (SSSR count). The van der Waals surface area contributed by atoms with Crippen LogP contribution in [0.1, 0.15) is 5.56 Å².